The topological polar surface area (TPSA) is 151 Å². The minimum Gasteiger partial charge on any atom is -0.469 e. The van der Waals surface area contributed by atoms with Gasteiger partial charge in [-0.1, -0.05) is 27.7 Å². The maximum atomic E-state index is 13.2. The molecular weight excluding hydrogens is 487 g/mol. The minimum atomic E-state index is -1.33. The number of Topliss-reactive ketones (excluding diaryl/α,β-unsaturated/α-hetero) is 1. The van der Waals surface area contributed by atoms with Crippen LogP contribution in [0.5, 0.6) is 0 Å². The third-order valence-electron chi connectivity index (χ3n) is 6.25. The fourth-order valence-electron chi connectivity index (χ4n) is 4.21. The molecule has 11 nitrogen and oxygen atoms in total. The molecule has 0 aromatic heterocycles. The van der Waals surface area contributed by atoms with Gasteiger partial charge in [-0.05, 0) is 37.5 Å². The number of hydrogen-bond acceptors (Lipinski definition) is 7. The first-order valence-corrected chi connectivity index (χ1v) is 12.7. The highest BCUT2D eigenvalue weighted by Gasteiger charge is 2.36. The average Bonchev–Trinajstić information content (AvgIpc) is 3.33. The van der Waals surface area contributed by atoms with Gasteiger partial charge >= 0.3 is 5.97 Å². The average molecular weight is 529 g/mol. The molecule has 0 radical (unpaired) electrons. The van der Waals surface area contributed by atoms with Gasteiger partial charge in [0.2, 0.25) is 23.6 Å². The quantitative estimate of drug-likeness (QED) is 0.280. The van der Waals surface area contributed by atoms with Crippen LogP contribution in [-0.2, 0) is 33.5 Å². The highest BCUT2D eigenvalue weighted by molar-refractivity contribution is 5.96. The van der Waals surface area contributed by atoms with E-state index in [0.29, 0.717) is 25.8 Å². The van der Waals surface area contributed by atoms with Gasteiger partial charge < -0.3 is 25.6 Å². The summed E-state index contributed by atoms with van der Waals surface area (Å²) in [7, 11) is 1.17. The number of rotatable bonds is 14. The SMILES string of the molecule is COC(=O)CCC(NC(=O)C(NC(=O)C(CC(C)C)NC(=O)C1CCCN1C(C)=O)C(C)C)C(=O)CF. The fraction of sp³-hybridized carbons (Fsp3) is 0.760. The van der Waals surface area contributed by atoms with Gasteiger partial charge in [0.25, 0.3) is 0 Å². The molecule has 1 saturated heterocycles. The molecule has 1 heterocycles. The molecule has 0 aromatic rings. The highest BCUT2D eigenvalue weighted by Crippen LogP contribution is 2.18. The van der Waals surface area contributed by atoms with Crippen LogP contribution in [0.15, 0.2) is 0 Å². The lowest BCUT2D eigenvalue weighted by atomic mass is 9.98. The van der Waals surface area contributed by atoms with Crippen LogP contribution in [0.1, 0.15) is 66.7 Å². The monoisotopic (exact) mass is 528 g/mol. The molecule has 4 amide bonds. The second-order valence-electron chi connectivity index (χ2n) is 10.1. The zero-order valence-corrected chi connectivity index (χ0v) is 22.6. The van der Waals surface area contributed by atoms with Crippen LogP contribution in [0.3, 0.4) is 0 Å². The molecule has 0 bridgehead atoms. The van der Waals surface area contributed by atoms with Crippen molar-refractivity contribution in [2.24, 2.45) is 11.8 Å². The molecule has 0 saturated carbocycles. The first-order valence-electron chi connectivity index (χ1n) is 12.7. The molecule has 1 aliphatic rings. The Bertz CT molecular complexity index is 849. The van der Waals surface area contributed by atoms with Gasteiger partial charge in [-0.3, -0.25) is 28.8 Å². The van der Waals surface area contributed by atoms with Crippen molar-refractivity contribution in [2.45, 2.75) is 90.9 Å². The minimum absolute atomic E-state index is 0.0275. The lowest BCUT2D eigenvalue weighted by Gasteiger charge is -2.29. The number of methoxy groups -OCH3 is 1. The van der Waals surface area contributed by atoms with Crippen molar-refractivity contribution in [1.29, 1.82) is 0 Å². The molecule has 37 heavy (non-hydrogen) atoms. The van der Waals surface area contributed by atoms with Crippen molar-refractivity contribution in [2.75, 3.05) is 20.3 Å². The second-order valence-corrected chi connectivity index (χ2v) is 10.1. The Balaban J connectivity index is 2.99. The second kappa shape index (κ2) is 15.3. The smallest absolute Gasteiger partial charge is 0.305 e. The van der Waals surface area contributed by atoms with E-state index in [2.05, 4.69) is 20.7 Å². The summed E-state index contributed by atoms with van der Waals surface area (Å²) < 4.78 is 17.6. The number of alkyl halides is 1. The van der Waals surface area contributed by atoms with Crippen LogP contribution < -0.4 is 16.0 Å². The molecule has 1 fully saturated rings. The Morgan fingerprint density at radius 1 is 0.973 bits per heavy atom. The number of halogens is 1. The van der Waals surface area contributed by atoms with Crippen LogP contribution in [0.2, 0.25) is 0 Å². The summed E-state index contributed by atoms with van der Waals surface area (Å²) in [4.78, 5) is 76.0. The molecule has 1 aliphatic heterocycles. The Hall–Kier alpha value is -3.05. The van der Waals surface area contributed by atoms with Gasteiger partial charge in [0.1, 0.15) is 24.8 Å². The van der Waals surface area contributed by atoms with Gasteiger partial charge in [0.15, 0.2) is 5.78 Å². The maximum Gasteiger partial charge on any atom is 0.305 e. The van der Waals surface area contributed by atoms with Crippen LogP contribution in [-0.4, -0.2) is 84.8 Å². The van der Waals surface area contributed by atoms with Crippen molar-refractivity contribution < 1.29 is 37.9 Å². The van der Waals surface area contributed by atoms with Crippen molar-refractivity contribution in [1.82, 2.24) is 20.9 Å². The van der Waals surface area contributed by atoms with Gasteiger partial charge in [-0.25, -0.2) is 4.39 Å². The third-order valence-corrected chi connectivity index (χ3v) is 6.25. The summed E-state index contributed by atoms with van der Waals surface area (Å²) in [6.45, 7) is 7.66. The first kappa shape index (κ1) is 32.0. The molecule has 210 valence electrons. The zero-order valence-electron chi connectivity index (χ0n) is 22.6. The molecule has 12 heteroatoms. The van der Waals surface area contributed by atoms with Crippen molar-refractivity contribution >= 4 is 35.4 Å². The maximum absolute atomic E-state index is 13.2. The Kier molecular flexibility index (Phi) is 13.2. The van der Waals surface area contributed by atoms with Crippen LogP contribution in [0.4, 0.5) is 4.39 Å². The summed E-state index contributed by atoms with van der Waals surface area (Å²) in [6.07, 6.45) is 1.11. The predicted molar refractivity (Wildman–Crippen MR) is 133 cm³/mol. The number of hydrogen-bond donors (Lipinski definition) is 3. The number of carbonyl (C=O) groups excluding carboxylic acids is 6. The predicted octanol–water partition coefficient (Wildman–Crippen LogP) is 0.646. The lowest BCUT2D eigenvalue weighted by Crippen LogP contribution is -2.59. The van der Waals surface area contributed by atoms with E-state index in [1.165, 1.54) is 18.9 Å². The molecule has 0 aliphatic carbocycles. The molecular formula is C25H41FN4O7. The van der Waals surface area contributed by atoms with E-state index in [-0.39, 0.29) is 24.7 Å². The molecule has 3 N–H and O–H groups in total. The number of likely N-dealkylation sites (tertiary alicyclic amines) is 1. The summed E-state index contributed by atoms with van der Waals surface area (Å²) >= 11 is 0. The number of nitrogens with one attached hydrogen (secondary N) is 3. The van der Waals surface area contributed by atoms with E-state index < -0.39 is 66.2 Å². The van der Waals surface area contributed by atoms with Gasteiger partial charge in [-0.15, -0.1) is 0 Å². The lowest BCUT2D eigenvalue weighted by molar-refractivity contribution is -0.141. The summed E-state index contributed by atoms with van der Waals surface area (Å²) in [5.74, 6) is -3.86. The number of ether oxygens (including phenoxy) is 1. The van der Waals surface area contributed by atoms with Gasteiger partial charge in [0, 0.05) is 19.9 Å². The van der Waals surface area contributed by atoms with Crippen LogP contribution in [0.25, 0.3) is 0 Å². The Morgan fingerprint density at radius 2 is 1.62 bits per heavy atom. The fourth-order valence-corrected chi connectivity index (χ4v) is 4.21. The van der Waals surface area contributed by atoms with Crippen LogP contribution >= 0.6 is 0 Å². The zero-order chi connectivity index (χ0) is 28.3. The Labute approximate surface area is 217 Å². The summed E-state index contributed by atoms with van der Waals surface area (Å²) in [6, 6.07) is -3.97. The van der Waals surface area contributed by atoms with E-state index in [4.69, 9.17) is 0 Å². The standard InChI is InChI=1S/C25H41FN4O7/c1-14(2)12-18(28-24(35)19-8-7-11-30(19)16(5)31)23(34)29-22(15(3)4)25(36)27-17(20(32)13-26)9-10-21(33)37-6/h14-15,17-19,22H,7-13H2,1-6H3,(H,27,36)(H,28,35)(H,29,34). The number of ketones is 1. The number of esters is 1. The van der Waals surface area contributed by atoms with Crippen LogP contribution in [0, 0.1) is 11.8 Å². The summed E-state index contributed by atoms with van der Waals surface area (Å²) in [5, 5.41) is 7.82. The summed E-state index contributed by atoms with van der Waals surface area (Å²) in [5.41, 5.74) is 0. The molecule has 1 rings (SSSR count). The van der Waals surface area contributed by atoms with Crippen molar-refractivity contribution in [3.05, 3.63) is 0 Å². The number of nitrogens with zero attached hydrogens (tertiary/aromatic N) is 1. The molecule has 4 atom stereocenters. The van der Waals surface area contributed by atoms with Gasteiger partial charge in [0.05, 0.1) is 13.2 Å². The van der Waals surface area contributed by atoms with E-state index in [9.17, 15) is 33.2 Å². The van der Waals surface area contributed by atoms with E-state index in [1.807, 2.05) is 13.8 Å². The van der Waals surface area contributed by atoms with Crippen molar-refractivity contribution in [3.8, 4) is 0 Å². The molecule has 4 unspecified atom stereocenters. The van der Waals surface area contributed by atoms with Gasteiger partial charge in [-0.2, -0.15) is 0 Å². The first-order chi connectivity index (χ1) is 17.3. The van der Waals surface area contributed by atoms with E-state index in [1.54, 1.807) is 13.8 Å². The van der Waals surface area contributed by atoms with E-state index in [0.717, 1.165) is 0 Å². The van der Waals surface area contributed by atoms with Crippen molar-refractivity contribution in [3.63, 3.8) is 0 Å². The highest BCUT2D eigenvalue weighted by atomic mass is 19.1. The molecule has 0 aromatic carbocycles. The Morgan fingerprint density at radius 3 is 2.14 bits per heavy atom. The number of carbonyl (C=O) groups is 6. The number of amides is 4. The molecule has 0 spiro atoms. The van der Waals surface area contributed by atoms with E-state index >= 15 is 0 Å². The normalized spacial score (nSPS) is 17.6. The third kappa shape index (κ3) is 10.1. The largest absolute Gasteiger partial charge is 0.469 e.